The van der Waals surface area contributed by atoms with Crippen LogP contribution in [0.3, 0.4) is 0 Å². The van der Waals surface area contributed by atoms with Gasteiger partial charge >= 0.3 is 5.97 Å². The van der Waals surface area contributed by atoms with Gasteiger partial charge < -0.3 is 41.9 Å². The molecule has 9 atom stereocenters. The van der Waals surface area contributed by atoms with Gasteiger partial charge in [-0.3, -0.25) is 4.79 Å². The number of nitrogens with two attached hydrogens (primary N) is 1. The zero-order valence-corrected chi connectivity index (χ0v) is 27.2. The summed E-state index contributed by atoms with van der Waals surface area (Å²) < 4.78 is 0. The maximum Gasteiger partial charge on any atom is 0.309 e. The minimum absolute atomic E-state index is 0.0272. The molecule has 1 heterocycles. The van der Waals surface area contributed by atoms with Gasteiger partial charge in [-0.05, 0) is 81.4 Å². The molecule has 9 N–H and O–H groups in total. The first-order chi connectivity index (χ1) is 21.1. The summed E-state index contributed by atoms with van der Waals surface area (Å²) in [5, 5.41) is 60.7. The summed E-state index contributed by atoms with van der Waals surface area (Å²) in [6, 6.07) is 0. The van der Waals surface area contributed by atoms with Crippen LogP contribution < -0.4 is 16.4 Å². The first-order valence-corrected chi connectivity index (χ1v) is 17.4. The van der Waals surface area contributed by atoms with Gasteiger partial charge in [0.1, 0.15) is 0 Å². The Bertz CT molecular complexity index is 970. The van der Waals surface area contributed by atoms with Crippen LogP contribution in [0.4, 0.5) is 0 Å². The lowest BCUT2D eigenvalue weighted by atomic mass is 9.81. The number of aliphatic hydroxyl groups excluding tert-OH is 3. The van der Waals surface area contributed by atoms with Gasteiger partial charge in [0.25, 0.3) is 0 Å². The van der Waals surface area contributed by atoms with Crippen LogP contribution in [0.2, 0.25) is 0 Å². The summed E-state index contributed by atoms with van der Waals surface area (Å²) in [6.45, 7) is 6.18. The number of dihydropyridines is 1. The van der Waals surface area contributed by atoms with E-state index in [9.17, 15) is 30.3 Å². The Morgan fingerprint density at radius 1 is 1.11 bits per heavy atom. The average Bonchev–Trinajstić information content (AvgIpc) is 3.21. The van der Waals surface area contributed by atoms with Crippen molar-refractivity contribution in [3.05, 3.63) is 35.7 Å². The number of allylic oxidation sites excluding steroid dienone is 3. The molecule has 0 saturated heterocycles. The molecule has 1 fully saturated rings. The Labute approximate surface area is 265 Å². The van der Waals surface area contributed by atoms with Crippen LogP contribution in [0.5, 0.6) is 0 Å². The first-order valence-electron chi connectivity index (χ1n) is 17.4. The predicted molar refractivity (Wildman–Crippen MR) is 174 cm³/mol. The molecule has 0 unspecified atom stereocenters. The molecule has 1 aliphatic heterocycles. The van der Waals surface area contributed by atoms with E-state index in [2.05, 4.69) is 35.8 Å². The van der Waals surface area contributed by atoms with Gasteiger partial charge in [-0.2, -0.15) is 0 Å². The third kappa shape index (κ3) is 10.9. The molecular formula is C35H61N3O6. The number of carboxylic acids is 1. The van der Waals surface area contributed by atoms with E-state index in [1.807, 2.05) is 13.0 Å². The van der Waals surface area contributed by atoms with E-state index in [1.54, 1.807) is 0 Å². The Morgan fingerprint density at radius 2 is 1.89 bits per heavy atom. The van der Waals surface area contributed by atoms with E-state index < -0.39 is 29.7 Å². The lowest BCUT2D eigenvalue weighted by Crippen LogP contribution is -2.43. The number of carboxylic acid groups (broad SMARTS) is 1. The summed E-state index contributed by atoms with van der Waals surface area (Å²) in [6.07, 6.45) is 16.7. The van der Waals surface area contributed by atoms with Crippen molar-refractivity contribution in [1.82, 2.24) is 10.6 Å². The molecule has 0 aromatic heterocycles. The average molecular weight is 620 g/mol. The molecule has 3 aliphatic rings. The fraction of sp³-hybridized carbons (Fsp3) is 0.800. The van der Waals surface area contributed by atoms with E-state index in [-0.39, 0.29) is 36.7 Å². The molecular weight excluding hydrogens is 558 g/mol. The number of hydrogen-bond acceptors (Lipinski definition) is 8. The van der Waals surface area contributed by atoms with Gasteiger partial charge in [0.05, 0.1) is 35.7 Å². The monoisotopic (exact) mass is 619 g/mol. The number of nitrogens with one attached hydrogen (secondary N) is 2. The number of hydrogen-bond donors (Lipinski definition) is 8. The first kappa shape index (κ1) is 36.6. The maximum atomic E-state index is 12.1. The van der Waals surface area contributed by atoms with Crippen LogP contribution in [-0.2, 0) is 4.79 Å². The van der Waals surface area contributed by atoms with Crippen LogP contribution in [-0.4, -0.2) is 75.0 Å². The number of carbonyl (C=O) groups is 1. The van der Waals surface area contributed by atoms with Crippen LogP contribution in [0.1, 0.15) is 104 Å². The lowest BCUT2D eigenvalue weighted by molar-refractivity contribution is -0.147. The lowest BCUT2D eigenvalue weighted by Gasteiger charge is -2.30. The van der Waals surface area contributed by atoms with Crippen LogP contribution in [0.25, 0.3) is 0 Å². The second-order valence-electron chi connectivity index (χ2n) is 13.7. The van der Waals surface area contributed by atoms with E-state index in [0.717, 1.165) is 44.2 Å². The van der Waals surface area contributed by atoms with Crippen molar-refractivity contribution >= 4 is 5.97 Å². The normalized spacial score (nSPS) is 31.7. The molecule has 9 nitrogen and oxygen atoms in total. The Morgan fingerprint density at radius 3 is 2.57 bits per heavy atom. The molecule has 0 bridgehead atoms. The number of rotatable bonds is 20. The molecule has 3 rings (SSSR count). The molecule has 0 radical (unpaired) electrons. The standard InChI is InChI=1S/C35H61N3O6/c1-3-5-7-10-24-13-14-26(31(40)20-24)11-8-6-9-12-28(34(42)43)30(39)15-17-35(44)22-27(29(33(35)41)23-37-4-2)19-25-16-18-38-32(36)21-25/h13-14,16,21,24,26-31,33,37-41,44H,3-12,15,17-20,22-23,36H2,1-2H3,(H,42,43)/t24-,26-,27-,28+,29+,30-,31-,33-,35+/m1/s1. The Kier molecular flexibility index (Phi) is 15.2. The fourth-order valence-corrected chi connectivity index (χ4v) is 7.65. The number of aliphatic carboxylic acids is 1. The van der Waals surface area contributed by atoms with E-state index in [0.29, 0.717) is 50.5 Å². The van der Waals surface area contributed by atoms with Crippen molar-refractivity contribution < 1.29 is 30.3 Å². The number of aliphatic hydroxyl groups is 4. The zero-order chi connectivity index (χ0) is 32.1. The molecule has 1 saturated carbocycles. The Hall–Kier alpha value is -1.91. The van der Waals surface area contributed by atoms with Gasteiger partial charge in [0.15, 0.2) is 0 Å². The third-order valence-corrected chi connectivity index (χ3v) is 10.4. The highest BCUT2D eigenvalue weighted by Gasteiger charge is 2.51. The van der Waals surface area contributed by atoms with Gasteiger partial charge in [-0.1, -0.05) is 70.6 Å². The minimum atomic E-state index is -1.39. The second kappa shape index (κ2) is 18.3. The minimum Gasteiger partial charge on any atom is -0.481 e. The van der Waals surface area contributed by atoms with Crippen molar-refractivity contribution in [1.29, 1.82) is 0 Å². The van der Waals surface area contributed by atoms with Crippen molar-refractivity contribution in [3.8, 4) is 0 Å². The van der Waals surface area contributed by atoms with Crippen LogP contribution in [0.15, 0.2) is 35.7 Å². The topological polar surface area (TPSA) is 168 Å². The largest absolute Gasteiger partial charge is 0.481 e. The van der Waals surface area contributed by atoms with E-state index >= 15 is 0 Å². The Balaban J connectivity index is 1.46. The molecule has 2 aliphatic carbocycles. The molecule has 44 heavy (non-hydrogen) atoms. The maximum absolute atomic E-state index is 12.1. The molecule has 0 amide bonds. The highest BCUT2D eigenvalue weighted by atomic mass is 16.4. The van der Waals surface area contributed by atoms with Gasteiger partial charge in [-0.15, -0.1) is 0 Å². The van der Waals surface area contributed by atoms with Crippen molar-refractivity contribution in [3.63, 3.8) is 0 Å². The van der Waals surface area contributed by atoms with E-state index in [4.69, 9.17) is 5.73 Å². The third-order valence-electron chi connectivity index (χ3n) is 10.4. The molecule has 0 aromatic rings. The van der Waals surface area contributed by atoms with E-state index in [1.165, 1.54) is 19.3 Å². The zero-order valence-electron chi connectivity index (χ0n) is 27.2. The van der Waals surface area contributed by atoms with Crippen LogP contribution in [0, 0.1) is 29.6 Å². The summed E-state index contributed by atoms with van der Waals surface area (Å²) in [5.41, 5.74) is 5.64. The highest BCUT2D eigenvalue weighted by Crippen LogP contribution is 2.45. The van der Waals surface area contributed by atoms with Crippen molar-refractivity contribution in [2.75, 3.05) is 19.6 Å². The smallest absolute Gasteiger partial charge is 0.309 e. The number of unbranched alkanes of at least 4 members (excludes halogenated alkanes) is 4. The van der Waals surface area contributed by atoms with Crippen molar-refractivity contribution in [2.24, 2.45) is 35.3 Å². The summed E-state index contributed by atoms with van der Waals surface area (Å²) in [4.78, 5) is 12.1. The summed E-state index contributed by atoms with van der Waals surface area (Å²) in [7, 11) is 0. The molecule has 9 heteroatoms. The summed E-state index contributed by atoms with van der Waals surface area (Å²) >= 11 is 0. The predicted octanol–water partition coefficient (Wildman–Crippen LogP) is 3.97. The SMILES string of the molecule is CCCCC[C@@H]1C=C[C@@H](CCCCC[C@H](C(=O)O)[C@H](O)CC[C@]2(O)C[C@@H](CC3=CCNC(N)=C3)[C@H](CNCC)[C@H]2O)[C@H](O)C1. The summed E-state index contributed by atoms with van der Waals surface area (Å²) in [5.74, 6) is -0.832. The quantitative estimate of drug-likeness (QED) is 0.0743. The molecule has 0 spiro atoms. The second-order valence-corrected chi connectivity index (χ2v) is 13.7. The highest BCUT2D eigenvalue weighted by molar-refractivity contribution is 5.70. The van der Waals surface area contributed by atoms with Crippen LogP contribution >= 0.6 is 0 Å². The molecule has 252 valence electrons. The van der Waals surface area contributed by atoms with Gasteiger partial charge in [-0.25, -0.2) is 0 Å². The van der Waals surface area contributed by atoms with Crippen molar-refractivity contribution in [2.45, 2.75) is 128 Å². The fourth-order valence-electron chi connectivity index (χ4n) is 7.65. The van der Waals surface area contributed by atoms with Gasteiger partial charge in [0, 0.05) is 24.9 Å². The molecule has 0 aromatic carbocycles. The van der Waals surface area contributed by atoms with Gasteiger partial charge in [0.2, 0.25) is 0 Å².